The lowest BCUT2D eigenvalue weighted by Gasteiger charge is -2.04. The Morgan fingerprint density at radius 2 is 2.50 bits per heavy atom. The van der Waals surface area contributed by atoms with E-state index in [2.05, 4.69) is 33.1 Å². The second-order valence-corrected chi connectivity index (χ2v) is 4.04. The summed E-state index contributed by atoms with van der Waals surface area (Å²) >= 11 is 3.43. The van der Waals surface area contributed by atoms with Crippen LogP contribution in [0.25, 0.3) is 0 Å². The van der Waals surface area contributed by atoms with Crippen LogP contribution in [0.1, 0.15) is 13.3 Å². The predicted octanol–water partition coefficient (Wildman–Crippen LogP) is 2.03. The molecule has 0 fully saturated rings. The minimum atomic E-state index is 0.481. The first-order valence-electron chi connectivity index (χ1n) is 3.83. The third-order valence-corrected chi connectivity index (χ3v) is 1.77. The zero-order valence-corrected chi connectivity index (χ0v) is 8.49. The Balaban J connectivity index is 2.25. The first-order chi connectivity index (χ1) is 5.79. The highest BCUT2D eigenvalue weighted by atomic mass is 79.9. The van der Waals surface area contributed by atoms with Crippen LogP contribution in [-0.2, 0) is 0 Å². The molecule has 1 unspecified atom stereocenters. The molecule has 3 nitrogen and oxygen atoms in total. The fraction of sp³-hybridized carbons (Fsp3) is 0.500. The minimum absolute atomic E-state index is 0.481. The van der Waals surface area contributed by atoms with E-state index in [9.17, 15) is 0 Å². The van der Waals surface area contributed by atoms with Gasteiger partial charge in [-0.1, -0.05) is 22.9 Å². The molecule has 0 N–H and O–H groups in total. The van der Waals surface area contributed by atoms with Gasteiger partial charge in [0.1, 0.15) is 0 Å². The number of rotatable bonds is 4. The lowest BCUT2D eigenvalue weighted by atomic mass is 10.4. The van der Waals surface area contributed by atoms with Gasteiger partial charge < -0.3 is 4.74 Å². The van der Waals surface area contributed by atoms with Gasteiger partial charge in [-0.2, -0.15) is 5.10 Å². The lowest BCUT2D eigenvalue weighted by molar-refractivity contribution is 0.296. The summed E-state index contributed by atoms with van der Waals surface area (Å²) in [7, 11) is 0. The van der Waals surface area contributed by atoms with E-state index in [-0.39, 0.29) is 0 Å². The Labute approximate surface area is 80.3 Å². The summed E-state index contributed by atoms with van der Waals surface area (Å²) in [6.07, 6.45) is 2.59. The molecule has 66 valence electrons. The molecule has 1 atom stereocenters. The topological polar surface area (TPSA) is 35.0 Å². The molecular formula is C8H11BrN2O. The number of aromatic nitrogens is 2. The maximum Gasteiger partial charge on any atom is 0.233 e. The summed E-state index contributed by atoms with van der Waals surface area (Å²) < 4.78 is 5.31. The normalized spacial score (nSPS) is 12.5. The van der Waals surface area contributed by atoms with Crippen molar-refractivity contribution in [2.24, 2.45) is 0 Å². The van der Waals surface area contributed by atoms with E-state index in [1.165, 1.54) is 0 Å². The van der Waals surface area contributed by atoms with Crippen molar-refractivity contribution in [3.05, 3.63) is 18.3 Å². The molecule has 0 aliphatic rings. The average Bonchev–Trinajstić information content (AvgIpc) is 2.05. The highest BCUT2D eigenvalue weighted by Gasteiger charge is 1.97. The van der Waals surface area contributed by atoms with Crippen molar-refractivity contribution in [3.8, 4) is 5.88 Å². The quantitative estimate of drug-likeness (QED) is 0.743. The third-order valence-electron chi connectivity index (χ3n) is 1.31. The zero-order valence-electron chi connectivity index (χ0n) is 6.90. The Bertz CT molecular complexity index is 216. The van der Waals surface area contributed by atoms with Crippen LogP contribution in [0, 0.1) is 0 Å². The molecule has 0 bridgehead atoms. The maximum atomic E-state index is 5.31. The summed E-state index contributed by atoms with van der Waals surface area (Å²) in [5.74, 6) is 0.589. The lowest BCUT2D eigenvalue weighted by Crippen LogP contribution is -2.03. The van der Waals surface area contributed by atoms with Crippen molar-refractivity contribution in [1.29, 1.82) is 0 Å². The largest absolute Gasteiger partial charge is 0.477 e. The highest BCUT2D eigenvalue weighted by Crippen LogP contribution is 2.06. The SMILES string of the molecule is CC(Br)CCOc1cccnn1. The van der Waals surface area contributed by atoms with Crippen LogP contribution in [-0.4, -0.2) is 21.6 Å². The molecule has 1 aromatic heterocycles. The summed E-state index contributed by atoms with van der Waals surface area (Å²) in [4.78, 5) is 0.481. The van der Waals surface area contributed by atoms with E-state index in [0.717, 1.165) is 6.42 Å². The fourth-order valence-corrected chi connectivity index (χ4v) is 0.877. The number of ether oxygens (including phenoxy) is 1. The molecular weight excluding hydrogens is 220 g/mol. The number of nitrogens with zero attached hydrogens (tertiary/aromatic N) is 2. The number of halogens is 1. The Kier molecular flexibility index (Phi) is 4.00. The van der Waals surface area contributed by atoms with Gasteiger partial charge in [0, 0.05) is 17.1 Å². The average molecular weight is 231 g/mol. The van der Waals surface area contributed by atoms with Gasteiger partial charge in [-0.05, 0) is 12.5 Å². The van der Waals surface area contributed by atoms with Crippen molar-refractivity contribution >= 4 is 15.9 Å². The molecule has 1 rings (SSSR count). The van der Waals surface area contributed by atoms with E-state index >= 15 is 0 Å². The fourth-order valence-electron chi connectivity index (χ4n) is 0.690. The van der Waals surface area contributed by atoms with Crippen molar-refractivity contribution in [1.82, 2.24) is 10.2 Å². The molecule has 0 saturated carbocycles. The Morgan fingerprint density at radius 1 is 1.67 bits per heavy atom. The maximum absolute atomic E-state index is 5.31. The molecule has 0 spiro atoms. The second-order valence-electron chi connectivity index (χ2n) is 2.48. The third kappa shape index (κ3) is 3.67. The zero-order chi connectivity index (χ0) is 8.81. The molecule has 12 heavy (non-hydrogen) atoms. The smallest absolute Gasteiger partial charge is 0.233 e. The van der Waals surface area contributed by atoms with Crippen LogP contribution in [0.15, 0.2) is 18.3 Å². The van der Waals surface area contributed by atoms with Gasteiger partial charge in [0.05, 0.1) is 6.61 Å². The minimum Gasteiger partial charge on any atom is -0.477 e. The van der Waals surface area contributed by atoms with Gasteiger partial charge in [-0.15, -0.1) is 5.10 Å². The van der Waals surface area contributed by atoms with Crippen LogP contribution < -0.4 is 4.74 Å². The van der Waals surface area contributed by atoms with E-state index in [4.69, 9.17) is 4.74 Å². The van der Waals surface area contributed by atoms with Gasteiger partial charge in [0.15, 0.2) is 0 Å². The Morgan fingerprint density at radius 3 is 3.08 bits per heavy atom. The summed E-state index contributed by atoms with van der Waals surface area (Å²) in [6, 6.07) is 3.60. The molecule has 0 radical (unpaired) electrons. The van der Waals surface area contributed by atoms with Crippen molar-refractivity contribution in [2.75, 3.05) is 6.61 Å². The summed E-state index contributed by atoms with van der Waals surface area (Å²) in [6.45, 7) is 2.76. The molecule has 0 saturated heterocycles. The van der Waals surface area contributed by atoms with Crippen LogP contribution in [0.4, 0.5) is 0 Å². The van der Waals surface area contributed by atoms with E-state index in [1.54, 1.807) is 18.3 Å². The molecule has 1 aromatic rings. The van der Waals surface area contributed by atoms with Crippen LogP contribution in [0.5, 0.6) is 5.88 Å². The van der Waals surface area contributed by atoms with Crippen molar-refractivity contribution in [2.45, 2.75) is 18.2 Å². The molecule has 0 aliphatic heterocycles. The summed E-state index contributed by atoms with van der Waals surface area (Å²) in [5, 5.41) is 7.48. The van der Waals surface area contributed by atoms with Crippen molar-refractivity contribution < 1.29 is 4.74 Å². The van der Waals surface area contributed by atoms with E-state index in [1.807, 2.05) is 0 Å². The molecule has 0 aromatic carbocycles. The monoisotopic (exact) mass is 230 g/mol. The second kappa shape index (κ2) is 5.09. The molecule has 4 heteroatoms. The molecule has 0 aliphatic carbocycles. The van der Waals surface area contributed by atoms with Gasteiger partial charge in [-0.3, -0.25) is 0 Å². The van der Waals surface area contributed by atoms with Crippen molar-refractivity contribution in [3.63, 3.8) is 0 Å². The first kappa shape index (κ1) is 9.45. The van der Waals surface area contributed by atoms with Crippen LogP contribution in [0.2, 0.25) is 0 Å². The first-order valence-corrected chi connectivity index (χ1v) is 4.75. The van der Waals surface area contributed by atoms with Gasteiger partial charge in [0.2, 0.25) is 5.88 Å². The van der Waals surface area contributed by atoms with Crippen LogP contribution >= 0.6 is 15.9 Å². The van der Waals surface area contributed by atoms with E-state index in [0.29, 0.717) is 17.3 Å². The number of hydrogen-bond donors (Lipinski definition) is 0. The number of hydrogen-bond acceptors (Lipinski definition) is 3. The Hall–Kier alpha value is -0.640. The molecule has 1 heterocycles. The molecule has 0 amide bonds. The van der Waals surface area contributed by atoms with Gasteiger partial charge >= 0.3 is 0 Å². The van der Waals surface area contributed by atoms with Crippen LogP contribution in [0.3, 0.4) is 0 Å². The number of alkyl halides is 1. The predicted molar refractivity (Wildman–Crippen MR) is 50.5 cm³/mol. The van der Waals surface area contributed by atoms with E-state index < -0.39 is 0 Å². The van der Waals surface area contributed by atoms with Gasteiger partial charge in [-0.25, -0.2) is 0 Å². The van der Waals surface area contributed by atoms with Gasteiger partial charge in [0.25, 0.3) is 0 Å². The summed E-state index contributed by atoms with van der Waals surface area (Å²) in [5.41, 5.74) is 0. The highest BCUT2D eigenvalue weighted by molar-refractivity contribution is 9.09. The standard InChI is InChI=1S/C8H11BrN2O/c1-7(9)4-6-12-8-3-2-5-10-11-8/h2-3,5,7H,4,6H2,1H3.